The van der Waals surface area contributed by atoms with Crippen LogP contribution >= 0.6 is 0 Å². The minimum Gasteiger partial charge on any atom is -0.478 e. The highest BCUT2D eigenvalue weighted by Crippen LogP contribution is 2.29. The molecule has 1 aliphatic rings. The third-order valence-corrected chi connectivity index (χ3v) is 3.98. The van der Waals surface area contributed by atoms with E-state index in [1.807, 2.05) is 0 Å². The summed E-state index contributed by atoms with van der Waals surface area (Å²) in [6.07, 6.45) is -0.164. The van der Waals surface area contributed by atoms with Gasteiger partial charge in [-0.05, 0) is 57.4 Å². The molecule has 1 amide bonds. The summed E-state index contributed by atoms with van der Waals surface area (Å²) in [6, 6.07) is 6.31. The molecule has 0 aliphatic carbocycles. The predicted molar refractivity (Wildman–Crippen MR) is 99.4 cm³/mol. The molecule has 146 valence electrons. The van der Waals surface area contributed by atoms with E-state index < -0.39 is 23.6 Å². The zero-order valence-electron chi connectivity index (χ0n) is 16.1. The number of esters is 1. The number of amides is 1. The second-order valence-electron chi connectivity index (χ2n) is 7.22. The van der Waals surface area contributed by atoms with E-state index in [1.54, 1.807) is 39.8 Å². The number of benzene rings is 1. The Kier molecular flexibility index (Phi) is 6.25. The number of carboxylic acids is 1. The van der Waals surface area contributed by atoms with Crippen molar-refractivity contribution in [1.29, 1.82) is 0 Å². The molecule has 1 N–H and O–H groups in total. The van der Waals surface area contributed by atoms with Crippen LogP contribution < -0.4 is 0 Å². The molecular weight excluding hydrogens is 350 g/mol. The molecule has 1 aromatic rings. The summed E-state index contributed by atoms with van der Waals surface area (Å²) in [7, 11) is 0. The van der Waals surface area contributed by atoms with Gasteiger partial charge in [-0.2, -0.15) is 0 Å². The van der Waals surface area contributed by atoms with E-state index >= 15 is 0 Å². The number of carboxylic acid groups (broad SMARTS) is 1. The number of rotatable bonds is 4. The van der Waals surface area contributed by atoms with E-state index in [0.717, 1.165) is 0 Å². The first-order valence-electron chi connectivity index (χ1n) is 8.83. The van der Waals surface area contributed by atoms with Crippen LogP contribution in [-0.2, 0) is 14.3 Å². The Labute approximate surface area is 158 Å². The van der Waals surface area contributed by atoms with Crippen molar-refractivity contribution in [2.45, 2.75) is 39.7 Å². The standard InChI is InChI=1S/C20H25NO6/c1-5-26-18(24)15-9-10-21(19(25)27-20(2,3)4)12-16(15)13-7-6-8-14(11-13)17(22)23/h6-8,11H,5,9-10,12H2,1-4H3,(H,22,23). The average Bonchev–Trinajstić information content (AvgIpc) is 2.60. The number of hydrogen-bond donors (Lipinski definition) is 1. The number of carbonyl (C=O) groups excluding carboxylic acids is 2. The maximum atomic E-state index is 12.4. The van der Waals surface area contributed by atoms with Gasteiger partial charge in [-0.1, -0.05) is 12.1 Å². The summed E-state index contributed by atoms with van der Waals surface area (Å²) < 4.78 is 10.6. The Morgan fingerprint density at radius 1 is 1.22 bits per heavy atom. The molecule has 2 rings (SSSR count). The van der Waals surface area contributed by atoms with Gasteiger partial charge in [0.2, 0.25) is 0 Å². The van der Waals surface area contributed by atoms with Gasteiger partial charge in [0.05, 0.1) is 18.7 Å². The Balaban J connectivity index is 2.41. The number of ether oxygens (including phenoxy) is 2. The van der Waals surface area contributed by atoms with Crippen molar-refractivity contribution in [3.05, 3.63) is 41.0 Å². The van der Waals surface area contributed by atoms with Crippen molar-refractivity contribution in [1.82, 2.24) is 4.90 Å². The molecule has 1 aliphatic heterocycles. The Hall–Kier alpha value is -2.83. The molecule has 1 heterocycles. The molecule has 0 bridgehead atoms. The van der Waals surface area contributed by atoms with Crippen LogP contribution in [0.3, 0.4) is 0 Å². The van der Waals surface area contributed by atoms with E-state index in [9.17, 15) is 19.5 Å². The van der Waals surface area contributed by atoms with Crippen molar-refractivity contribution in [3.8, 4) is 0 Å². The van der Waals surface area contributed by atoms with Gasteiger partial charge in [-0.15, -0.1) is 0 Å². The zero-order chi connectivity index (χ0) is 20.2. The van der Waals surface area contributed by atoms with Crippen molar-refractivity contribution in [2.75, 3.05) is 19.7 Å². The van der Waals surface area contributed by atoms with Crippen molar-refractivity contribution < 1.29 is 29.0 Å². The minimum absolute atomic E-state index is 0.109. The van der Waals surface area contributed by atoms with Crippen LogP contribution in [0.5, 0.6) is 0 Å². The molecule has 0 saturated carbocycles. The smallest absolute Gasteiger partial charge is 0.410 e. The first-order valence-corrected chi connectivity index (χ1v) is 8.83. The summed E-state index contributed by atoms with van der Waals surface area (Å²) in [5.41, 5.74) is 1.09. The third-order valence-electron chi connectivity index (χ3n) is 3.98. The third kappa shape index (κ3) is 5.32. The van der Waals surface area contributed by atoms with Gasteiger partial charge >= 0.3 is 18.0 Å². The maximum absolute atomic E-state index is 12.4. The molecule has 0 saturated heterocycles. The topological polar surface area (TPSA) is 93.1 Å². The SMILES string of the molecule is CCOC(=O)C1=C(c2cccc(C(=O)O)c2)CN(C(=O)OC(C)(C)C)CC1. The highest BCUT2D eigenvalue weighted by molar-refractivity contribution is 6.00. The molecule has 7 nitrogen and oxygen atoms in total. The lowest BCUT2D eigenvalue weighted by Crippen LogP contribution is -2.41. The van der Waals surface area contributed by atoms with Gasteiger partial charge in [-0.3, -0.25) is 0 Å². The molecule has 0 atom stereocenters. The lowest BCUT2D eigenvalue weighted by molar-refractivity contribution is -0.138. The number of aromatic carboxylic acids is 1. The fourth-order valence-corrected chi connectivity index (χ4v) is 2.79. The summed E-state index contributed by atoms with van der Waals surface area (Å²) in [5.74, 6) is -1.51. The monoisotopic (exact) mass is 375 g/mol. The molecule has 0 unspecified atom stereocenters. The quantitative estimate of drug-likeness (QED) is 0.811. The number of hydrogen-bond acceptors (Lipinski definition) is 5. The molecule has 1 aromatic carbocycles. The van der Waals surface area contributed by atoms with Crippen molar-refractivity contribution in [3.63, 3.8) is 0 Å². The Morgan fingerprint density at radius 2 is 1.93 bits per heavy atom. The van der Waals surface area contributed by atoms with E-state index in [4.69, 9.17) is 9.47 Å². The van der Waals surface area contributed by atoms with Gasteiger partial charge in [0.15, 0.2) is 0 Å². The first kappa shape index (κ1) is 20.5. The van der Waals surface area contributed by atoms with Crippen molar-refractivity contribution >= 4 is 23.6 Å². The highest BCUT2D eigenvalue weighted by Gasteiger charge is 2.30. The zero-order valence-corrected chi connectivity index (χ0v) is 16.1. The molecule has 27 heavy (non-hydrogen) atoms. The van der Waals surface area contributed by atoms with Crippen LogP contribution in [0.25, 0.3) is 5.57 Å². The second-order valence-corrected chi connectivity index (χ2v) is 7.22. The minimum atomic E-state index is -1.06. The molecule has 0 fully saturated rings. The fraction of sp³-hybridized carbons (Fsp3) is 0.450. The van der Waals surface area contributed by atoms with Crippen LogP contribution in [0.15, 0.2) is 29.8 Å². The average molecular weight is 375 g/mol. The van der Waals surface area contributed by atoms with Gasteiger partial charge in [0.25, 0.3) is 0 Å². The van der Waals surface area contributed by atoms with Gasteiger partial charge in [0, 0.05) is 12.1 Å². The van der Waals surface area contributed by atoms with E-state index in [2.05, 4.69) is 0 Å². The molecule has 0 spiro atoms. The van der Waals surface area contributed by atoms with E-state index in [1.165, 1.54) is 17.0 Å². The largest absolute Gasteiger partial charge is 0.478 e. The molecule has 0 aromatic heterocycles. The molecule has 0 radical (unpaired) electrons. The lowest BCUT2D eigenvalue weighted by Gasteiger charge is -2.32. The van der Waals surface area contributed by atoms with Crippen molar-refractivity contribution in [2.24, 2.45) is 0 Å². The number of nitrogens with zero attached hydrogens (tertiary/aromatic N) is 1. The maximum Gasteiger partial charge on any atom is 0.410 e. The lowest BCUT2D eigenvalue weighted by atomic mass is 9.93. The van der Waals surface area contributed by atoms with Crippen LogP contribution in [0.1, 0.15) is 50.0 Å². The van der Waals surface area contributed by atoms with Crippen LogP contribution in [-0.4, -0.2) is 53.3 Å². The highest BCUT2D eigenvalue weighted by atomic mass is 16.6. The fourth-order valence-electron chi connectivity index (χ4n) is 2.79. The summed E-state index contributed by atoms with van der Waals surface area (Å²) in [6.45, 7) is 7.78. The van der Waals surface area contributed by atoms with Crippen LogP contribution in [0, 0.1) is 0 Å². The van der Waals surface area contributed by atoms with Crippen LogP contribution in [0.4, 0.5) is 4.79 Å². The second kappa shape index (κ2) is 8.24. The summed E-state index contributed by atoms with van der Waals surface area (Å²) in [4.78, 5) is 37.6. The van der Waals surface area contributed by atoms with Gasteiger partial charge in [-0.25, -0.2) is 14.4 Å². The molecular formula is C20H25NO6. The summed E-state index contributed by atoms with van der Waals surface area (Å²) >= 11 is 0. The molecule has 7 heteroatoms. The van der Waals surface area contributed by atoms with E-state index in [0.29, 0.717) is 29.7 Å². The first-order chi connectivity index (χ1) is 12.6. The Bertz CT molecular complexity index is 775. The van der Waals surface area contributed by atoms with Gasteiger partial charge < -0.3 is 19.5 Å². The summed E-state index contributed by atoms with van der Waals surface area (Å²) in [5, 5.41) is 9.24. The Morgan fingerprint density at radius 3 is 2.52 bits per heavy atom. The number of carbonyl (C=O) groups is 3. The van der Waals surface area contributed by atoms with Gasteiger partial charge in [0.1, 0.15) is 5.60 Å². The predicted octanol–water partition coefficient (Wildman–Crippen LogP) is 3.34. The van der Waals surface area contributed by atoms with Crippen LogP contribution in [0.2, 0.25) is 0 Å². The normalized spacial score (nSPS) is 14.7. The van der Waals surface area contributed by atoms with E-state index in [-0.39, 0.29) is 18.7 Å².